The summed E-state index contributed by atoms with van der Waals surface area (Å²) >= 11 is 0. The maximum atomic E-state index is 12.6. The van der Waals surface area contributed by atoms with Crippen molar-refractivity contribution < 1.29 is 14.5 Å². The molecule has 0 radical (unpaired) electrons. The Morgan fingerprint density at radius 3 is 2.59 bits per heavy atom. The number of carbonyl (C=O) groups is 1. The molecule has 7 heteroatoms. The van der Waals surface area contributed by atoms with Gasteiger partial charge in [0, 0.05) is 24.7 Å². The Balaban J connectivity index is 1.85. The average molecular weight is 369 g/mol. The largest absolute Gasteiger partial charge is 0.495 e. The van der Waals surface area contributed by atoms with Crippen LogP contribution in [0.3, 0.4) is 0 Å². The number of methoxy groups -OCH3 is 1. The number of piperidine rings is 1. The molecular weight excluding hydrogens is 346 g/mol. The highest BCUT2D eigenvalue weighted by Crippen LogP contribution is 2.33. The second-order valence-corrected chi connectivity index (χ2v) is 6.78. The first-order valence-electron chi connectivity index (χ1n) is 8.97. The molecule has 1 aliphatic heterocycles. The van der Waals surface area contributed by atoms with Crippen molar-refractivity contribution in [1.29, 1.82) is 0 Å². The molecule has 0 spiro atoms. The van der Waals surface area contributed by atoms with Gasteiger partial charge < -0.3 is 15.0 Å². The number of nitro benzene ring substituents is 1. The van der Waals surface area contributed by atoms with Crippen molar-refractivity contribution in [3.63, 3.8) is 0 Å². The summed E-state index contributed by atoms with van der Waals surface area (Å²) in [5.41, 5.74) is 1.28. The van der Waals surface area contributed by atoms with Gasteiger partial charge in [0.05, 0.1) is 17.7 Å². The van der Waals surface area contributed by atoms with Gasteiger partial charge in [-0.25, -0.2) is 0 Å². The van der Waals surface area contributed by atoms with Crippen LogP contribution in [0.5, 0.6) is 5.75 Å². The lowest BCUT2D eigenvalue weighted by atomic mass is 9.98. The van der Waals surface area contributed by atoms with Gasteiger partial charge in [0.2, 0.25) is 0 Å². The summed E-state index contributed by atoms with van der Waals surface area (Å²) in [6, 6.07) is 11.7. The molecule has 3 rings (SSSR count). The standard InChI is InChI=1S/C20H23N3O4/c1-14-9-11-22(12-10-14)17-8-7-15(13-18(17)23(25)26)20(24)21-16-5-3-4-6-19(16)27-2/h3-8,13-14H,9-12H2,1-2H3,(H,21,24). The van der Waals surface area contributed by atoms with Gasteiger partial charge in [-0.1, -0.05) is 19.1 Å². The summed E-state index contributed by atoms with van der Waals surface area (Å²) in [6.07, 6.45) is 2.01. The van der Waals surface area contributed by atoms with Gasteiger partial charge >= 0.3 is 0 Å². The van der Waals surface area contributed by atoms with E-state index in [-0.39, 0.29) is 11.3 Å². The van der Waals surface area contributed by atoms with Crippen molar-refractivity contribution in [1.82, 2.24) is 0 Å². The highest BCUT2D eigenvalue weighted by molar-refractivity contribution is 6.05. The zero-order chi connectivity index (χ0) is 19.4. The van der Waals surface area contributed by atoms with E-state index in [1.165, 1.54) is 13.2 Å². The molecule has 1 heterocycles. The number of ether oxygens (including phenoxy) is 1. The number of hydrogen-bond acceptors (Lipinski definition) is 5. The van der Waals surface area contributed by atoms with Crippen LogP contribution in [-0.2, 0) is 0 Å². The molecule has 0 aliphatic carbocycles. The number of nitro groups is 1. The number of amides is 1. The summed E-state index contributed by atoms with van der Waals surface area (Å²) in [5, 5.41) is 14.3. The van der Waals surface area contributed by atoms with Gasteiger partial charge in [-0.15, -0.1) is 0 Å². The van der Waals surface area contributed by atoms with Crippen LogP contribution in [0.1, 0.15) is 30.1 Å². The zero-order valence-electron chi connectivity index (χ0n) is 15.5. The van der Waals surface area contributed by atoms with E-state index in [9.17, 15) is 14.9 Å². The van der Waals surface area contributed by atoms with Crippen LogP contribution >= 0.6 is 0 Å². The molecule has 142 valence electrons. The second kappa shape index (κ2) is 8.07. The minimum absolute atomic E-state index is 0.0442. The van der Waals surface area contributed by atoms with Crippen LogP contribution in [0.15, 0.2) is 42.5 Å². The first-order valence-corrected chi connectivity index (χ1v) is 8.97. The Morgan fingerprint density at radius 1 is 1.22 bits per heavy atom. The molecule has 1 aliphatic rings. The van der Waals surface area contributed by atoms with Crippen LogP contribution in [0.4, 0.5) is 17.1 Å². The van der Waals surface area contributed by atoms with Crippen molar-refractivity contribution in [2.24, 2.45) is 5.92 Å². The van der Waals surface area contributed by atoms with E-state index < -0.39 is 10.8 Å². The summed E-state index contributed by atoms with van der Waals surface area (Å²) < 4.78 is 5.22. The highest BCUT2D eigenvalue weighted by atomic mass is 16.6. The van der Waals surface area contributed by atoms with Crippen molar-refractivity contribution in [3.8, 4) is 5.75 Å². The second-order valence-electron chi connectivity index (χ2n) is 6.78. The summed E-state index contributed by atoms with van der Waals surface area (Å²) in [5.74, 6) is 0.743. The first kappa shape index (κ1) is 18.7. The average Bonchev–Trinajstić information content (AvgIpc) is 2.68. The molecule has 0 bridgehead atoms. The van der Waals surface area contributed by atoms with Crippen molar-refractivity contribution in [3.05, 3.63) is 58.1 Å². The van der Waals surface area contributed by atoms with E-state index in [1.807, 2.05) is 4.90 Å². The number of carbonyl (C=O) groups excluding carboxylic acids is 1. The Hall–Kier alpha value is -3.09. The SMILES string of the molecule is COc1ccccc1NC(=O)c1ccc(N2CCC(C)CC2)c([N+](=O)[O-])c1. The molecule has 2 aromatic carbocycles. The zero-order valence-corrected chi connectivity index (χ0v) is 15.5. The Bertz CT molecular complexity index is 845. The first-order chi connectivity index (χ1) is 13.0. The fraction of sp³-hybridized carbons (Fsp3) is 0.350. The number of nitrogens with one attached hydrogen (secondary N) is 1. The third kappa shape index (κ3) is 4.19. The predicted octanol–water partition coefficient (Wildman–Crippen LogP) is 4.09. The van der Waals surface area contributed by atoms with Gasteiger partial charge in [-0.05, 0) is 43.0 Å². The molecule has 0 saturated carbocycles. The van der Waals surface area contributed by atoms with Crippen LogP contribution in [0.2, 0.25) is 0 Å². The highest BCUT2D eigenvalue weighted by Gasteiger charge is 2.25. The molecule has 27 heavy (non-hydrogen) atoms. The van der Waals surface area contributed by atoms with E-state index in [2.05, 4.69) is 12.2 Å². The van der Waals surface area contributed by atoms with Gasteiger partial charge in [0.15, 0.2) is 0 Å². The molecule has 1 amide bonds. The summed E-state index contributed by atoms with van der Waals surface area (Å²) in [4.78, 5) is 25.8. The van der Waals surface area contributed by atoms with Crippen molar-refractivity contribution in [2.45, 2.75) is 19.8 Å². The number of nitrogens with zero attached hydrogens (tertiary/aromatic N) is 2. The van der Waals surface area contributed by atoms with Gasteiger partial charge in [-0.3, -0.25) is 14.9 Å². The third-order valence-corrected chi connectivity index (χ3v) is 4.91. The molecule has 0 atom stereocenters. The lowest BCUT2D eigenvalue weighted by Gasteiger charge is -2.31. The predicted molar refractivity (Wildman–Crippen MR) is 105 cm³/mol. The van der Waals surface area contributed by atoms with Crippen LogP contribution in [0, 0.1) is 16.0 Å². The van der Waals surface area contributed by atoms with E-state index in [0.29, 0.717) is 23.0 Å². The lowest BCUT2D eigenvalue weighted by Crippen LogP contribution is -2.33. The maximum absolute atomic E-state index is 12.6. The Labute approximate surface area is 158 Å². The number of hydrogen-bond donors (Lipinski definition) is 1. The molecule has 1 saturated heterocycles. The smallest absolute Gasteiger partial charge is 0.293 e. The molecule has 0 unspecified atom stereocenters. The Kier molecular flexibility index (Phi) is 5.59. The Morgan fingerprint density at radius 2 is 1.93 bits per heavy atom. The molecule has 2 aromatic rings. The monoisotopic (exact) mass is 369 g/mol. The molecule has 0 aromatic heterocycles. The van der Waals surface area contributed by atoms with E-state index in [4.69, 9.17) is 4.74 Å². The minimum atomic E-state index is -0.423. The molecular formula is C20H23N3O4. The fourth-order valence-corrected chi connectivity index (χ4v) is 3.27. The van der Waals surface area contributed by atoms with Crippen LogP contribution in [-0.4, -0.2) is 31.0 Å². The van der Waals surface area contributed by atoms with Crippen LogP contribution < -0.4 is 15.0 Å². The topological polar surface area (TPSA) is 84.7 Å². The van der Waals surface area contributed by atoms with Crippen molar-refractivity contribution in [2.75, 3.05) is 30.4 Å². The third-order valence-electron chi connectivity index (χ3n) is 4.91. The van der Waals surface area contributed by atoms with Crippen LogP contribution in [0.25, 0.3) is 0 Å². The summed E-state index contributed by atoms with van der Waals surface area (Å²) in [7, 11) is 1.52. The van der Waals surface area contributed by atoms with E-state index in [1.54, 1.807) is 36.4 Å². The fourth-order valence-electron chi connectivity index (χ4n) is 3.27. The molecule has 1 N–H and O–H groups in total. The van der Waals surface area contributed by atoms with Crippen molar-refractivity contribution >= 4 is 23.0 Å². The molecule has 1 fully saturated rings. The summed E-state index contributed by atoms with van der Waals surface area (Å²) in [6.45, 7) is 3.76. The van der Waals surface area contributed by atoms with Gasteiger partial charge in [-0.2, -0.15) is 0 Å². The van der Waals surface area contributed by atoms with E-state index in [0.717, 1.165) is 25.9 Å². The normalized spacial score (nSPS) is 14.7. The van der Waals surface area contributed by atoms with E-state index >= 15 is 0 Å². The van der Waals surface area contributed by atoms with Gasteiger partial charge in [0.25, 0.3) is 11.6 Å². The number of para-hydroxylation sites is 2. The number of rotatable bonds is 5. The molecule has 7 nitrogen and oxygen atoms in total. The quantitative estimate of drug-likeness (QED) is 0.634. The minimum Gasteiger partial charge on any atom is -0.495 e. The van der Waals surface area contributed by atoms with Gasteiger partial charge in [0.1, 0.15) is 11.4 Å². The number of benzene rings is 2. The lowest BCUT2D eigenvalue weighted by molar-refractivity contribution is -0.384. The number of anilines is 2. The maximum Gasteiger partial charge on any atom is 0.293 e.